The van der Waals surface area contributed by atoms with E-state index >= 15 is 0 Å². The highest BCUT2D eigenvalue weighted by Crippen LogP contribution is 2.44. The summed E-state index contributed by atoms with van der Waals surface area (Å²) in [6.07, 6.45) is 3.37. The van der Waals surface area contributed by atoms with Crippen LogP contribution in [0.4, 0.5) is 11.5 Å². The summed E-state index contributed by atoms with van der Waals surface area (Å²) < 4.78 is 5.78. The van der Waals surface area contributed by atoms with Crippen LogP contribution in [0.25, 0.3) is 0 Å². The Morgan fingerprint density at radius 1 is 1.29 bits per heavy atom. The van der Waals surface area contributed by atoms with E-state index in [4.69, 9.17) is 4.74 Å². The highest BCUT2D eigenvalue weighted by molar-refractivity contribution is 5.49. The van der Waals surface area contributed by atoms with Crippen molar-refractivity contribution in [1.29, 1.82) is 0 Å². The van der Waals surface area contributed by atoms with Crippen molar-refractivity contribution in [3.05, 3.63) is 18.3 Å². The van der Waals surface area contributed by atoms with Crippen LogP contribution in [0, 0.1) is 5.41 Å². The number of pyridine rings is 1. The second-order valence-corrected chi connectivity index (χ2v) is 6.28. The third-order valence-corrected chi connectivity index (χ3v) is 4.72. The van der Waals surface area contributed by atoms with Gasteiger partial charge < -0.3 is 15.0 Å². The van der Waals surface area contributed by atoms with Crippen LogP contribution < -0.4 is 10.2 Å². The molecule has 0 saturated heterocycles. The number of hydrogen-bond acceptors (Lipinski definition) is 4. The van der Waals surface area contributed by atoms with Crippen LogP contribution in [-0.4, -0.2) is 36.8 Å². The van der Waals surface area contributed by atoms with E-state index in [1.54, 1.807) is 0 Å². The molecule has 1 aliphatic carbocycles. The normalized spacial score (nSPS) is 23.5. The molecule has 1 aromatic heterocycles. The van der Waals surface area contributed by atoms with Gasteiger partial charge in [0, 0.05) is 31.2 Å². The molecule has 0 radical (unpaired) electrons. The second-order valence-electron chi connectivity index (χ2n) is 6.28. The number of rotatable bonds is 7. The van der Waals surface area contributed by atoms with Crippen molar-refractivity contribution < 1.29 is 4.74 Å². The number of anilines is 2. The fourth-order valence-corrected chi connectivity index (χ4v) is 3.02. The molecule has 2 unspecified atom stereocenters. The lowest BCUT2D eigenvalue weighted by molar-refractivity contribution is -0.0976. The first kappa shape index (κ1) is 16.1. The van der Waals surface area contributed by atoms with E-state index in [0.717, 1.165) is 37.6 Å². The molecule has 0 bridgehead atoms. The van der Waals surface area contributed by atoms with E-state index in [9.17, 15) is 0 Å². The van der Waals surface area contributed by atoms with E-state index in [1.807, 2.05) is 6.20 Å². The van der Waals surface area contributed by atoms with Gasteiger partial charge in [0.05, 0.1) is 18.0 Å². The van der Waals surface area contributed by atoms with Crippen molar-refractivity contribution in [2.75, 3.05) is 29.9 Å². The Balaban J connectivity index is 1.96. The van der Waals surface area contributed by atoms with Crippen LogP contribution in [0.3, 0.4) is 0 Å². The molecule has 1 N–H and O–H groups in total. The number of aromatic nitrogens is 1. The summed E-state index contributed by atoms with van der Waals surface area (Å²) in [5, 5.41) is 3.60. The Morgan fingerprint density at radius 2 is 2.00 bits per heavy atom. The number of nitrogens with one attached hydrogen (secondary N) is 1. The zero-order chi connectivity index (χ0) is 15.5. The molecule has 4 nitrogen and oxygen atoms in total. The average molecular weight is 291 g/mol. The molecule has 4 heteroatoms. The first-order valence-electron chi connectivity index (χ1n) is 8.12. The Kier molecular flexibility index (Phi) is 5.09. The molecular formula is C17H29N3O. The molecule has 1 aliphatic rings. The lowest BCUT2D eigenvalue weighted by Crippen LogP contribution is -2.58. The van der Waals surface area contributed by atoms with E-state index in [2.05, 4.69) is 62.0 Å². The molecular weight excluding hydrogens is 262 g/mol. The summed E-state index contributed by atoms with van der Waals surface area (Å²) in [5.74, 6) is 1.05. The maximum absolute atomic E-state index is 5.78. The maximum Gasteiger partial charge on any atom is 0.128 e. The highest BCUT2D eigenvalue weighted by atomic mass is 16.5. The fraction of sp³-hybridized carbons (Fsp3) is 0.706. The Morgan fingerprint density at radius 3 is 2.48 bits per heavy atom. The molecule has 1 saturated carbocycles. The minimum Gasteiger partial charge on any atom is -0.380 e. The van der Waals surface area contributed by atoms with Crippen molar-refractivity contribution in [2.24, 2.45) is 5.41 Å². The Hall–Kier alpha value is -1.29. The van der Waals surface area contributed by atoms with Crippen molar-refractivity contribution in [2.45, 2.75) is 53.2 Å². The lowest BCUT2D eigenvalue weighted by Gasteiger charge is -2.52. The summed E-state index contributed by atoms with van der Waals surface area (Å²) in [6, 6.07) is 4.68. The van der Waals surface area contributed by atoms with Gasteiger partial charge in [-0.1, -0.05) is 13.8 Å². The van der Waals surface area contributed by atoms with Gasteiger partial charge in [-0.3, -0.25) is 0 Å². The third-order valence-electron chi connectivity index (χ3n) is 4.72. The topological polar surface area (TPSA) is 37.4 Å². The minimum absolute atomic E-state index is 0.174. The van der Waals surface area contributed by atoms with Crippen LogP contribution in [-0.2, 0) is 4.74 Å². The number of ether oxygens (including phenoxy) is 1. The summed E-state index contributed by atoms with van der Waals surface area (Å²) >= 11 is 0. The molecule has 1 aromatic rings. The van der Waals surface area contributed by atoms with Gasteiger partial charge in [0.15, 0.2) is 0 Å². The standard InChI is InChI=1S/C17H29N3O/c1-6-20(7-2)16-10-9-13(12-18-16)19-14-11-15(21-8-3)17(14,4)5/h9-10,12,14-15,19H,6-8,11H2,1-5H3. The van der Waals surface area contributed by atoms with E-state index in [1.165, 1.54) is 0 Å². The molecule has 118 valence electrons. The van der Waals surface area contributed by atoms with Gasteiger partial charge in [0.1, 0.15) is 5.82 Å². The Bertz CT molecular complexity index is 440. The molecule has 0 amide bonds. The zero-order valence-electron chi connectivity index (χ0n) is 14.0. The Labute approximate surface area is 128 Å². The summed E-state index contributed by atoms with van der Waals surface area (Å²) in [5.41, 5.74) is 1.27. The number of nitrogens with zero attached hydrogens (tertiary/aromatic N) is 2. The molecule has 1 fully saturated rings. The van der Waals surface area contributed by atoms with Crippen LogP contribution in [0.1, 0.15) is 41.0 Å². The minimum atomic E-state index is 0.174. The monoisotopic (exact) mass is 291 g/mol. The van der Waals surface area contributed by atoms with Crippen LogP contribution in [0.15, 0.2) is 18.3 Å². The van der Waals surface area contributed by atoms with E-state index in [0.29, 0.717) is 12.1 Å². The fourth-order valence-electron chi connectivity index (χ4n) is 3.02. The molecule has 1 heterocycles. The summed E-state index contributed by atoms with van der Waals surface area (Å²) in [4.78, 5) is 6.82. The molecule has 0 aromatic carbocycles. The summed E-state index contributed by atoms with van der Waals surface area (Å²) in [7, 11) is 0. The second kappa shape index (κ2) is 6.65. The average Bonchev–Trinajstić information content (AvgIpc) is 2.49. The predicted octanol–water partition coefficient (Wildman–Crippen LogP) is 3.54. The van der Waals surface area contributed by atoms with Crippen molar-refractivity contribution in [3.8, 4) is 0 Å². The quantitative estimate of drug-likeness (QED) is 0.833. The van der Waals surface area contributed by atoms with Gasteiger partial charge >= 0.3 is 0 Å². The van der Waals surface area contributed by atoms with Crippen molar-refractivity contribution in [3.63, 3.8) is 0 Å². The first-order chi connectivity index (χ1) is 10.0. The molecule has 2 atom stereocenters. The van der Waals surface area contributed by atoms with Gasteiger partial charge in [-0.2, -0.15) is 0 Å². The van der Waals surface area contributed by atoms with Crippen molar-refractivity contribution >= 4 is 11.5 Å². The lowest BCUT2D eigenvalue weighted by atomic mass is 9.64. The molecule has 0 aliphatic heterocycles. The molecule has 0 spiro atoms. The van der Waals surface area contributed by atoms with Crippen LogP contribution in [0.5, 0.6) is 0 Å². The van der Waals surface area contributed by atoms with Crippen LogP contribution >= 0.6 is 0 Å². The third kappa shape index (κ3) is 3.31. The van der Waals surface area contributed by atoms with Gasteiger partial charge in [-0.15, -0.1) is 0 Å². The van der Waals surface area contributed by atoms with Crippen LogP contribution in [0.2, 0.25) is 0 Å². The maximum atomic E-state index is 5.78. The van der Waals surface area contributed by atoms with Gasteiger partial charge in [-0.25, -0.2) is 4.98 Å². The zero-order valence-corrected chi connectivity index (χ0v) is 14.0. The van der Waals surface area contributed by atoms with E-state index in [-0.39, 0.29) is 5.41 Å². The number of hydrogen-bond donors (Lipinski definition) is 1. The largest absolute Gasteiger partial charge is 0.380 e. The van der Waals surface area contributed by atoms with E-state index < -0.39 is 0 Å². The first-order valence-corrected chi connectivity index (χ1v) is 8.12. The summed E-state index contributed by atoms with van der Waals surface area (Å²) in [6.45, 7) is 13.7. The SMILES string of the molecule is CCOC1CC(Nc2ccc(N(CC)CC)nc2)C1(C)C. The molecule has 2 rings (SSSR count). The molecule has 21 heavy (non-hydrogen) atoms. The van der Waals surface area contributed by atoms with Crippen molar-refractivity contribution in [1.82, 2.24) is 4.98 Å². The van der Waals surface area contributed by atoms with Gasteiger partial charge in [0.2, 0.25) is 0 Å². The predicted molar refractivity (Wildman–Crippen MR) is 89.0 cm³/mol. The highest BCUT2D eigenvalue weighted by Gasteiger charge is 2.48. The smallest absolute Gasteiger partial charge is 0.128 e. The van der Waals surface area contributed by atoms with Gasteiger partial charge in [-0.05, 0) is 39.3 Å². The van der Waals surface area contributed by atoms with Gasteiger partial charge in [0.25, 0.3) is 0 Å².